The van der Waals surface area contributed by atoms with Crippen LogP contribution in [-0.2, 0) is 21.2 Å². The monoisotopic (exact) mass is 502 g/mol. The summed E-state index contributed by atoms with van der Waals surface area (Å²) in [7, 11) is -0.0454. The quantitative estimate of drug-likeness (QED) is 0.620. The Labute approximate surface area is 209 Å². The number of carbonyl (C=O) groups excluding carboxylic acids is 2. The number of nitrogens with one attached hydrogen (secondary N) is 1. The predicted molar refractivity (Wildman–Crippen MR) is 137 cm³/mol. The largest absolute Gasteiger partial charge is 0.345 e. The standard InChI is InChI=1S/C26H38N4O4S/c1-19-17-22(24(31)29(2)3)10-9-21(19)11-16-35(33,34)30-14-12-26(13-15-30)25(32)27-23(28-26)18-20-7-5-4-6-8-20/h9-10,17,20H,4-8,11-16,18H2,1-3H3,(H,27,28,32). The number of sulfonamides is 1. The van der Waals surface area contributed by atoms with E-state index in [2.05, 4.69) is 5.32 Å². The smallest absolute Gasteiger partial charge is 0.253 e. The van der Waals surface area contributed by atoms with Gasteiger partial charge in [-0.2, -0.15) is 0 Å². The minimum atomic E-state index is -3.46. The van der Waals surface area contributed by atoms with Crippen LogP contribution in [0.5, 0.6) is 0 Å². The number of nitrogens with zero attached hydrogens (tertiary/aromatic N) is 3. The Hall–Kier alpha value is -2.26. The Morgan fingerprint density at radius 3 is 2.49 bits per heavy atom. The summed E-state index contributed by atoms with van der Waals surface area (Å²) in [4.78, 5) is 31.3. The van der Waals surface area contributed by atoms with Gasteiger partial charge in [0.15, 0.2) is 0 Å². The second-order valence-electron chi connectivity index (χ2n) is 10.6. The van der Waals surface area contributed by atoms with Crippen LogP contribution in [0.1, 0.15) is 72.9 Å². The van der Waals surface area contributed by atoms with Gasteiger partial charge in [0.1, 0.15) is 11.4 Å². The van der Waals surface area contributed by atoms with Gasteiger partial charge in [-0.3, -0.25) is 14.6 Å². The molecule has 9 heteroatoms. The van der Waals surface area contributed by atoms with Crippen LogP contribution in [0.4, 0.5) is 0 Å². The number of amidine groups is 1. The van der Waals surface area contributed by atoms with Gasteiger partial charge in [0.05, 0.1) is 5.75 Å². The fourth-order valence-corrected chi connectivity index (χ4v) is 7.03. The summed E-state index contributed by atoms with van der Waals surface area (Å²) in [6.45, 7) is 2.52. The number of hydrogen-bond donors (Lipinski definition) is 1. The lowest BCUT2D eigenvalue weighted by molar-refractivity contribution is -0.124. The first-order valence-electron chi connectivity index (χ1n) is 12.8. The Bertz CT molecular complexity index is 1100. The van der Waals surface area contributed by atoms with Crippen LogP contribution in [0.15, 0.2) is 23.2 Å². The zero-order valence-corrected chi connectivity index (χ0v) is 22.0. The van der Waals surface area contributed by atoms with E-state index in [1.807, 2.05) is 19.1 Å². The van der Waals surface area contributed by atoms with Gasteiger partial charge in [-0.05, 0) is 55.4 Å². The molecule has 1 saturated carbocycles. The molecule has 2 amide bonds. The van der Waals surface area contributed by atoms with Crippen LogP contribution in [0.2, 0.25) is 0 Å². The molecule has 8 nitrogen and oxygen atoms in total. The molecule has 1 aromatic rings. The molecule has 1 aliphatic carbocycles. The first kappa shape index (κ1) is 25.8. The highest BCUT2D eigenvalue weighted by Crippen LogP contribution is 2.34. The van der Waals surface area contributed by atoms with Gasteiger partial charge in [-0.1, -0.05) is 38.2 Å². The van der Waals surface area contributed by atoms with E-state index in [0.29, 0.717) is 43.8 Å². The average molecular weight is 503 g/mol. The van der Waals surface area contributed by atoms with Crippen molar-refractivity contribution in [1.82, 2.24) is 14.5 Å². The van der Waals surface area contributed by atoms with Crippen molar-refractivity contribution < 1.29 is 18.0 Å². The van der Waals surface area contributed by atoms with Crippen LogP contribution in [0.25, 0.3) is 0 Å². The third-order valence-corrected chi connectivity index (χ3v) is 9.68. The summed E-state index contributed by atoms with van der Waals surface area (Å²) >= 11 is 0. The SMILES string of the molecule is Cc1cc(C(=O)N(C)C)ccc1CCS(=O)(=O)N1CCC2(CC1)N=C(CC1CCCCC1)NC2=O. The van der Waals surface area contributed by atoms with E-state index < -0.39 is 15.6 Å². The lowest BCUT2D eigenvalue weighted by Crippen LogP contribution is -2.50. The number of aliphatic imine (C=N–C) groups is 1. The maximum absolute atomic E-state index is 13.1. The van der Waals surface area contributed by atoms with E-state index in [4.69, 9.17) is 4.99 Å². The molecule has 35 heavy (non-hydrogen) atoms. The van der Waals surface area contributed by atoms with Crippen molar-refractivity contribution in [3.8, 4) is 0 Å². The van der Waals surface area contributed by atoms with Crippen molar-refractivity contribution in [1.29, 1.82) is 0 Å². The molecule has 0 atom stereocenters. The van der Waals surface area contributed by atoms with Crippen LogP contribution in [0.3, 0.4) is 0 Å². The van der Waals surface area contributed by atoms with Gasteiger partial charge >= 0.3 is 0 Å². The molecule has 1 saturated heterocycles. The Balaban J connectivity index is 1.34. The second kappa shape index (κ2) is 10.4. The second-order valence-corrected chi connectivity index (χ2v) is 12.6. The Morgan fingerprint density at radius 2 is 1.86 bits per heavy atom. The molecular weight excluding hydrogens is 464 g/mol. The van der Waals surface area contributed by atoms with Gasteiger partial charge in [-0.15, -0.1) is 0 Å². The topological polar surface area (TPSA) is 99.2 Å². The van der Waals surface area contributed by atoms with E-state index in [0.717, 1.165) is 23.4 Å². The van der Waals surface area contributed by atoms with Crippen LogP contribution in [-0.4, -0.2) is 73.7 Å². The van der Waals surface area contributed by atoms with Crippen LogP contribution < -0.4 is 5.32 Å². The number of piperidine rings is 1. The molecule has 4 rings (SSSR count). The summed E-state index contributed by atoms with van der Waals surface area (Å²) in [5.74, 6) is 1.25. The molecule has 0 bridgehead atoms. The lowest BCUT2D eigenvalue weighted by Gasteiger charge is -2.34. The van der Waals surface area contributed by atoms with E-state index >= 15 is 0 Å². The van der Waals surface area contributed by atoms with E-state index in [1.54, 1.807) is 20.2 Å². The van der Waals surface area contributed by atoms with Crippen molar-refractivity contribution in [2.24, 2.45) is 10.9 Å². The maximum Gasteiger partial charge on any atom is 0.253 e. The number of rotatable bonds is 7. The third-order valence-electron chi connectivity index (χ3n) is 7.80. The molecule has 0 aromatic heterocycles. The first-order valence-corrected chi connectivity index (χ1v) is 14.4. The molecule has 1 N–H and O–H groups in total. The average Bonchev–Trinajstić information content (AvgIpc) is 3.12. The molecule has 192 valence electrons. The van der Waals surface area contributed by atoms with Crippen molar-refractivity contribution in [2.45, 2.75) is 70.3 Å². The highest BCUT2D eigenvalue weighted by molar-refractivity contribution is 7.89. The fraction of sp³-hybridized carbons (Fsp3) is 0.654. The fourth-order valence-electron chi connectivity index (χ4n) is 5.55. The molecule has 1 spiro atoms. The van der Waals surface area contributed by atoms with E-state index in [1.165, 1.54) is 41.3 Å². The number of benzene rings is 1. The van der Waals surface area contributed by atoms with Gasteiger partial charge in [0, 0.05) is 39.2 Å². The van der Waals surface area contributed by atoms with Crippen molar-refractivity contribution in [3.63, 3.8) is 0 Å². The maximum atomic E-state index is 13.1. The van der Waals surface area contributed by atoms with Crippen molar-refractivity contribution in [2.75, 3.05) is 32.9 Å². The molecule has 2 heterocycles. The van der Waals surface area contributed by atoms with Crippen LogP contribution in [0, 0.1) is 12.8 Å². The summed E-state index contributed by atoms with van der Waals surface area (Å²) in [6.07, 6.45) is 8.25. The Morgan fingerprint density at radius 1 is 1.17 bits per heavy atom. The summed E-state index contributed by atoms with van der Waals surface area (Å²) in [6, 6.07) is 5.41. The normalized spacial score (nSPS) is 21.1. The van der Waals surface area contributed by atoms with Crippen molar-refractivity contribution in [3.05, 3.63) is 34.9 Å². The van der Waals surface area contributed by atoms with Crippen LogP contribution >= 0.6 is 0 Å². The minimum Gasteiger partial charge on any atom is -0.345 e. The van der Waals surface area contributed by atoms with E-state index in [-0.39, 0.29) is 17.6 Å². The summed E-state index contributed by atoms with van der Waals surface area (Å²) in [5.41, 5.74) is 1.62. The Kier molecular flexibility index (Phi) is 7.66. The van der Waals surface area contributed by atoms with Gasteiger partial charge < -0.3 is 10.2 Å². The molecule has 1 aromatic carbocycles. The summed E-state index contributed by atoms with van der Waals surface area (Å²) in [5, 5.41) is 3.00. The van der Waals surface area contributed by atoms with Gasteiger partial charge in [0.25, 0.3) is 11.8 Å². The molecule has 2 aliphatic heterocycles. The predicted octanol–water partition coefficient (Wildman–Crippen LogP) is 2.90. The van der Waals surface area contributed by atoms with Gasteiger partial charge in [0.2, 0.25) is 10.0 Å². The number of aryl methyl sites for hydroxylation is 2. The molecule has 3 aliphatic rings. The van der Waals surface area contributed by atoms with Gasteiger partial charge in [-0.25, -0.2) is 12.7 Å². The molecule has 0 radical (unpaired) electrons. The van der Waals surface area contributed by atoms with Crippen molar-refractivity contribution >= 4 is 27.7 Å². The number of amides is 2. The molecule has 0 unspecified atom stereocenters. The lowest BCUT2D eigenvalue weighted by atomic mass is 9.87. The minimum absolute atomic E-state index is 0.00417. The zero-order chi connectivity index (χ0) is 25.2. The first-order chi connectivity index (χ1) is 16.6. The molecular formula is C26H38N4O4S. The highest BCUT2D eigenvalue weighted by atomic mass is 32.2. The zero-order valence-electron chi connectivity index (χ0n) is 21.2. The highest BCUT2D eigenvalue weighted by Gasteiger charge is 2.47. The molecule has 2 fully saturated rings. The number of carbonyl (C=O) groups is 2. The van der Waals surface area contributed by atoms with E-state index in [9.17, 15) is 18.0 Å². The number of hydrogen-bond acceptors (Lipinski definition) is 5. The summed E-state index contributed by atoms with van der Waals surface area (Å²) < 4.78 is 27.7. The third kappa shape index (κ3) is 5.77.